The third-order valence-electron chi connectivity index (χ3n) is 10.3. The number of methoxy groups -OCH3 is 1. The Kier molecular flexibility index (Phi) is 7.68. The number of hydrogen-bond acceptors (Lipinski definition) is 9. The fraction of sp³-hybridized carbons (Fsp3) is 0.289. The summed E-state index contributed by atoms with van der Waals surface area (Å²) in [4.78, 5) is 39.0. The minimum atomic E-state index is -1.37. The number of thiophene rings is 1. The molecular formula is C38H31F3N6O4S. The van der Waals surface area contributed by atoms with E-state index in [9.17, 15) is 18.4 Å². The second-order valence-electron chi connectivity index (χ2n) is 13.4. The van der Waals surface area contributed by atoms with Gasteiger partial charge in [-0.1, -0.05) is 18.2 Å². The Hall–Kier alpha value is -5.50. The van der Waals surface area contributed by atoms with E-state index in [1.807, 2.05) is 24.0 Å². The van der Waals surface area contributed by atoms with E-state index >= 15 is 4.39 Å². The molecule has 2 N–H and O–H groups in total. The molecule has 1 aliphatic carbocycles. The fourth-order valence-corrected chi connectivity index (χ4v) is 9.17. The SMILES string of the molecule is COc1c(F)ccc2c1C[C@@H](F)[C@@H]2Nc1nc(C)cc2cc(-c3c4c(nc(CCc5ccc(F)cc5)c3-c3n[nH]c(=O)o3)C3CCCN3C4=O)sc12. The van der Waals surface area contributed by atoms with Gasteiger partial charge < -0.3 is 19.4 Å². The number of pyridine rings is 2. The summed E-state index contributed by atoms with van der Waals surface area (Å²) in [6.45, 7) is 2.44. The number of alkyl halides is 1. The molecule has 1 fully saturated rings. The summed E-state index contributed by atoms with van der Waals surface area (Å²) >= 11 is 1.37. The van der Waals surface area contributed by atoms with Crippen LogP contribution in [0.5, 0.6) is 5.75 Å². The first-order chi connectivity index (χ1) is 25.2. The van der Waals surface area contributed by atoms with Crippen LogP contribution in [-0.4, -0.2) is 50.8 Å². The van der Waals surface area contributed by atoms with Gasteiger partial charge in [0, 0.05) is 34.7 Å². The third-order valence-corrected chi connectivity index (χ3v) is 11.4. The molecule has 1 amide bonds. The zero-order valence-electron chi connectivity index (χ0n) is 28.1. The van der Waals surface area contributed by atoms with Crippen LogP contribution in [0, 0.1) is 18.6 Å². The highest BCUT2D eigenvalue weighted by Gasteiger charge is 2.45. The van der Waals surface area contributed by atoms with Gasteiger partial charge in [-0.05, 0) is 79.5 Å². The smallest absolute Gasteiger partial charge is 0.434 e. The summed E-state index contributed by atoms with van der Waals surface area (Å²) < 4.78 is 55.5. The molecule has 10 nitrogen and oxygen atoms in total. The number of carbonyl (C=O) groups is 1. The van der Waals surface area contributed by atoms with Crippen molar-refractivity contribution in [2.75, 3.05) is 19.0 Å². The summed E-state index contributed by atoms with van der Waals surface area (Å²) in [5, 5.41) is 10.7. The molecule has 2 aliphatic heterocycles. The quantitative estimate of drug-likeness (QED) is 0.166. The molecule has 2 aromatic carbocycles. The Morgan fingerprint density at radius 3 is 2.65 bits per heavy atom. The molecular weight excluding hydrogens is 694 g/mol. The van der Waals surface area contributed by atoms with Gasteiger partial charge in [-0.2, -0.15) is 0 Å². The van der Waals surface area contributed by atoms with Gasteiger partial charge in [0.2, 0.25) is 0 Å². The number of hydrogen-bond donors (Lipinski definition) is 2. The van der Waals surface area contributed by atoms with Gasteiger partial charge in [0.15, 0.2) is 11.6 Å². The normalized spacial score (nSPS) is 19.0. The van der Waals surface area contributed by atoms with Gasteiger partial charge >= 0.3 is 5.76 Å². The van der Waals surface area contributed by atoms with Gasteiger partial charge in [0.05, 0.1) is 46.4 Å². The Bertz CT molecular complexity index is 2480. The topological polar surface area (TPSA) is 126 Å². The van der Waals surface area contributed by atoms with Crippen molar-refractivity contribution in [1.29, 1.82) is 0 Å². The number of carbonyl (C=O) groups excluding carboxylic acids is 1. The monoisotopic (exact) mass is 724 g/mol. The molecule has 3 atom stereocenters. The number of rotatable bonds is 8. The average Bonchev–Trinajstić information content (AvgIpc) is 3.96. The van der Waals surface area contributed by atoms with Crippen LogP contribution in [0.2, 0.25) is 0 Å². The predicted molar refractivity (Wildman–Crippen MR) is 188 cm³/mol. The molecule has 14 heteroatoms. The molecule has 6 aromatic rings. The lowest BCUT2D eigenvalue weighted by Gasteiger charge is -2.18. The third kappa shape index (κ3) is 5.18. The second-order valence-corrected chi connectivity index (χ2v) is 14.5. The number of aromatic nitrogens is 4. The molecule has 52 heavy (non-hydrogen) atoms. The van der Waals surface area contributed by atoms with Crippen molar-refractivity contribution in [2.45, 2.75) is 57.3 Å². The molecule has 6 heterocycles. The summed E-state index contributed by atoms with van der Waals surface area (Å²) in [5.74, 6) is -1.32. The van der Waals surface area contributed by atoms with Crippen molar-refractivity contribution in [3.05, 3.63) is 110 Å². The van der Waals surface area contributed by atoms with E-state index in [1.54, 1.807) is 18.2 Å². The summed E-state index contributed by atoms with van der Waals surface area (Å²) in [6, 6.07) is 12.0. The van der Waals surface area contributed by atoms with Crippen LogP contribution < -0.4 is 15.8 Å². The van der Waals surface area contributed by atoms with Gasteiger partial charge in [-0.15, -0.1) is 16.4 Å². The summed E-state index contributed by atoms with van der Waals surface area (Å²) in [5.41, 5.74) is 5.30. The van der Waals surface area contributed by atoms with E-state index in [4.69, 9.17) is 19.1 Å². The fourth-order valence-electron chi connectivity index (χ4n) is 8.02. The van der Waals surface area contributed by atoms with Crippen molar-refractivity contribution >= 4 is 33.1 Å². The van der Waals surface area contributed by atoms with E-state index in [2.05, 4.69) is 15.5 Å². The lowest BCUT2D eigenvalue weighted by atomic mass is 9.93. The van der Waals surface area contributed by atoms with Crippen LogP contribution in [0.3, 0.4) is 0 Å². The highest BCUT2D eigenvalue weighted by molar-refractivity contribution is 7.23. The van der Waals surface area contributed by atoms with Gasteiger partial charge in [-0.25, -0.2) is 28.0 Å². The van der Waals surface area contributed by atoms with Crippen molar-refractivity contribution < 1.29 is 27.1 Å². The lowest BCUT2D eigenvalue weighted by Crippen LogP contribution is -2.22. The molecule has 9 rings (SSSR count). The maximum atomic E-state index is 15.7. The number of benzene rings is 2. The number of fused-ring (bicyclic) bond motifs is 5. The highest BCUT2D eigenvalue weighted by atomic mass is 32.1. The largest absolute Gasteiger partial charge is 0.493 e. The van der Waals surface area contributed by atoms with Crippen LogP contribution in [0.1, 0.15) is 69.1 Å². The Labute approximate surface area is 298 Å². The van der Waals surface area contributed by atoms with E-state index in [1.165, 1.54) is 36.6 Å². The van der Waals surface area contributed by atoms with Crippen molar-refractivity contribution in [3.63, 3.8) is 0 Å². The number of aryl methyl sites for hydroxylation is 3. The molecule has 0 spiro atoms. The van der Waals surface area contributed by atoms with Crippen LogP contribution in [-0.2, 0) is 19.3 Å². The van der Waals surface area contributed by atoms with Crippen molar-refractivity contribution in [1.82, 2.24) is 25.1 Å². The number of nitrogens with zero attached hydrogens (tertiary/aromatic N) is 4. The molecule has 0 saturated carbocycles. The number of halogens is 3. The number of nitrogens with one attached hydrogen (secondary N) is 2. The summed E-state index contributed by atoms with van der Waals surface area (Å²) in [7, 11) is 1.37. The molecule has 3 aliphatic rings. The first-order valence-corrected chi connectivity index (χ1v) is 17.9. The molecule has 4 aromatic heterocycles. The number of aromatic amines is 1. The molecule has 1 unspecified atom stereocenters. The van der Waals surface area contributed by atoms with E-state index in [-0.39, 0.29) is 35.8 Å². The lowest BCUT2D eigenvalue weighted by molar-refractivity contribution is 0.0776. The van der Waals surface area contributed by atoms with Gasteiger partial charge in [0.1, 0.15) is 17.8 Å². The van der Waals surface area contributed by atoms with Gasteiger partial charge in [0.25, 0.3) is 11.8 Å². The van der Waals surface area contributed by atoms with Gasteiger partial charge in [-0.3, -0.25) is 9.78 Å². The molecule has 0 radical (unpaired) electrons. The first kappa shape index (κ1) is 32.4. The minimum Gasteiger partial charge on any atom is -0.493 e. The van der Waals surface area contributed by atoms with Crippen molar-refractivity contribution in [2.24, 2.45) is 0 Å². The van der Waals surface area contributed by atoms with E-state index in [0.29, 0.717) is 79.7 Å². The zero-order valence-corrected chi connectivity index (χ0v) is 28.9. The van der Waals surface area contributed by atoms with E-state index in [0.717, 1.165) is 23.8 Å². The zero-order chi connectivity index (χ0) is 35.8. The highest BCUT2D eigenvalue weighted by Crippen LogP contribution is 2.51. The second kappa shape index (κ2) is 12.3. The number of amides is 1. The maximum Gasteiger partial charge on any atom is 0.434 e. The van der Waals surface area contributed by atoms with Crippen LogP contribution in [0.4, 0.5) is 19.0 Å². The Balaban J connectivity index is 1.22. The molecule has 264 valence electrons. The van der Waals surface area contributed by atoms with Crippen LogP contribution in [0.25, 0.3) is 32.0 Å². The van der Waals surface area contributed by atoms with E-state index < -0.39 is 23.8 Å². The predicted octanol–water partition coefficient (Wildman–Crippen LogP) is 7.42. The standard InChI is InChI=1S/C38H31F3N6O4S/c1-17-14-19-15-27(52-34(19)35(42-17)44-31-21-10-11-23(40)33(50-2)22(21)16-24(31)41)29-28(36-45-46-38(49)51-36)25(12-7-18-5-8-20(39)9-6-18)43-32-26-4-3-13-47(26)37(48)30(29)32/h5-6,8-11,14-15,24,26,31H,3-4,7,12-13,16H2,1-2H3,(H,42,44)(H,46,49)/t24-,26?,31-/m1/s1. The Morgan fingerprint density at radius 1 is 1.06 bits per heavy atom. The number of anilines is 1. The maximum absolute atomic E-state index is 15.7. The van der Waals surface area contributed by atoms with Crippen LogP contribution in [0.15, 0.2) is 57.7 Å². The average molecular weight is 725 g/mol. The van der Waals surface area contributed by atoms with Crippen molar-refractivity contribution in [3.8, 4) is 27.6 Å². The number of H-pyrrole nitrogens is 1. The van der Waals surface area contributed by atoms with Crippen LogP contribution >= 0.6 is 11.3 Å². The number of ether oxygens (including phenoxy) is 1. The summed E-state index contributed by atoms with van der Waals surface area (Å²) in [6.07, 6.45) is 1.14. The Morgan fingerprint density at radius 2 is 1.88 bits per heavy atom. The minimum absolute atomic E-state index is 0.00149. The molecule has 0 bridgehead atoms. The molecule has 1 saturated heterocycles. The first-order valence-electron chi connectivity index (χ1n) is 17.0.